The van der Waals surface area contributed by atoms with E-state index in [0.29, 0.717) is 6.54 Å². The molecule has 0 amide bonds. The molecule has 1 heterocycles. The minimum Gasteiger partial charge on any atom is -0.311 e. The highest BCUT2D eigenvalue weighted by Crippen LogP contribution is 2.14. The molecule has 0 atom stereocenters. The van der Waals surface area contributed by atoms with E-state index in [2.05, 4.69) is 0 Å². The van der Waals surface area contributed by atoms with Crippen LogP contribution in [0.1, 0.15) is 11.1 Å². The van der Waals surface area contributed by atoms with E-state index in [1.165, 1.54) is 0 Å². The zero-order chi connectivity index (χ0) is 13.2. The van der Waals surface area contributed by atoms with Gasteiger partial charge in [0.15, 0.2) is 0 Å². The summed E-state index contributed by atoms with van der Waals surface area (Å²) in [5.74, 6) is 0. The lowest BCUT2D eigenvalue weighted by Crippen LogP contribution is -2.20. The second-order valence-corrected chi connectivity index (χ2v) is 4.77. The molecule has 0 aliphatic carbocycles. The van der Waals surface area contributed by atoms with Gasteiger partial charge in [0.2, 0.25) is 0 Å². The average molecular weight is 249 g/mol. The quantitative estimate of drug-likeness (QED) is 0.682. The Morgan fingerprint density at radius 3 is 2.47 bits per heavy atom. The number of aromatic nitrogens is 1. The summed E-state index contributed by atoms with van der Waals surface area (Å²) in [5.41, 5.74) is 2.35. The molecule has 0 saturated carbocycles. The van der Waals surface area contributed by atoms with Crippen LogP contribution in [0.25, 0.3) is 10.8 Å². The van der Waals surface area contributed by atoms with Gasteiger partial charge in [-0.25, -0.2) is 0 Å². The van der Waals surface area contributed by atoms with Crippen molar-refractivity contribution in [3.05, 3.63) is 82.3 Å². The van der Waals surface area contributed by atoms with Gasteiger partial charge in [0, 0.05) is 11.6 Å². The van der Waals surface area contributed by atoms with E-state index in [1.54, 1.807) is 4.57 Å². The van der Waals surface area contributed by atoms with Crippen LogP contribution >= 0.6 is 0 Å². The predicted octanol–water partition coefficient (Wildman–Crippen LogP) is 3.36. The smallest absolute Gasteiger partial charge is 0.258 e. The van der Waals surface area contributed by atoms with E-state index in [9.17, 15) is 4.79 Å². The molecule has 1 aromatic heterocycles. The Morgan fingerprint density at radius 1 is 0.895 bits per heavy atom. The lowest BCUT2D eigenvalue weighted by Gasteiger charge is -2.08. The van der Waals surface area contributed by atoms with Gasteiger partial charge in [-0.2, -0.15) is 0 Å². The van der Waals surface area contributed by atoms with Crippen LogP contribution in [-0.4, -0.2) is 4.57 Å². The van der Waals surface area contributed by atoms with Crippen molar-refractivity contribution >= 4 is 10.8 Å². The second-order valence-electron chi connectivity index (χ2n) is 4.77. The van der Waals surface area contributed by atoms with Crippen LogP contribution in [0.15, 0.2) is 65.6 Å². The molecule has 0 spiro atoms. The Hall–Kier alpha value is -2.35. The normalized spacial score (nSPS) is 10.8. The molecular formula is C17H15NO. The van der Waals surface area contributed by atoms with Crippen LogP contribution < -0.4 is 5.56 Å². The third kappa shape index (κ3) is 2.17. The number of pyridine rings is 1. The van der Waals surface area contributed by atoms with Gasteiger partial charge >= 0.3 is 0 Å². The fourth-order valence-electron chi connectivity index (χ4n) is 2.38. The molecule has 0 fully saturated rings. The Balaban J connectivity index is 2.11. The maximum Gasteiger partial charge on any atom is 0.258 e. The first-order valence-electron chi connectivity index (χ1n) is 6.38. The minimum absolute atomic E-state index is 0.0741. The summed E-state index contributed by atoms with van der Waals surface area (Å²) in [6, 6.07) is 17.9. The molecule has 0 radical (unpaired) electrons. The van der Waals surface area contributed by atoms with Crippen molar-refractivity contribution in [1.82, 2.24) is 4.57 Å². The molecule has 2 nitrogen and oxygen atoms in total. The number of benzene rings is 2. The molecule has 2 heteroatoms. The molecule has 94 valence electrons. The highest BCUT2D eigenvalue weighted by Gasteiger charge is 2.04. The second kappa shape index (κ2) is 4.73. The molecule has 3 aromatic rings. The minimum atomic E-state index is 0.0741. The van der Waals surface area contributed by atoms with Crippen LogP contribution in [0.2, 0.25) is 0 Å². The predicted molar refractivity (Wildman–Crippen MR) is 78.5 cm³/mol. The van der Waals surface area contributed by atoms with Crippen molar-refractivity contribution in [3.8, 4) is 0 Å². The maximum atomic E-state index is 12.4. The SMILES string of the molecule is Cc1cccc2c(=O)n(Cc3ccccc3)ccc12. The number of nitrogens with zero attached hydrogens (tertiary/aromatic N) is 1. The van der Waals surface area contributed by atoms with Gasteiger partial charge in [-0.15, -0.1) is 0 Å². The molecule has 3 rings (SSSR count). The van der Waals surface area contributed by atoms with Crippen LogP contribution in [0, 0.1) is 6.92 Å². The molecule has 0 saturated heterocycles. The van der Waals surface area contributed by atoms with Crippen molar-refractivity contribution < 1.29 is 0 Å². The first kappa shape index (κ1) is 11.7. The monoisotopic (exact) mass is 249 g/mol. The van der Waals surface area contributed by atoms with Crippen LogP contribution in [0.3, 0.4) is 0 Å². The van der Waals surface area contributed by atoms with Gasteiger partial charge < -0.3 is 4.57 Å². The Labute approximate surface area is 111 Å². The number of fused-ring (bicyclic) bond motifs is 1. The molecule has 0 bridgehead atoms. The van der Waals surface area contributed by atoms with Crippen molar-refractivity contribution in [1.29, 1.82) is 0 Å². The number of rotatable bonds is 2. The van der Waals surface area contributed by atoms with Gasteiger partial charge in [-0.05, 0) is 35.6 Å². The van der Waals surface area contributed by atoms with Gasteiger partial charge in [-0.3, -0.25) is 4.79 Å². The zero-order valence-corrected chi connectivity index (χ0v) is 10.8. The summed E-state index contributed by atoms with van der Waals surface area (Å²) in [7, 11) is 0. The van der Waals surface area contributed by atoms with Crippen molar-refractivity contribution in [2.45, 2.75) is 13.5 Å². The average Bonchev–Trinajstić information content (AvgIpc) is 2.44. The fourth-order valence-corrected chi connectivity index (χ4v) is 2.38. The lowest BCUT2D eigenvalue weighted by molar-refractivity contribution is 0.768. The Bertz CT molecular complexity index is 772. The third-order valence-corrected chi connectivity index (χ3v) is 3.43. The lowest BCUT2D eigenvalue weighted by atomic mass is 10.1. The standard InChI is InChI=1S/C17H15NO/c1-13-6-5-9-16-15(13)10-11-18(17(16)19)12-14-7-3-2-4-8-14/h2-11H,12H2,1H3. The topological polar surface area (TPSA) is 22.0 Å². The first-order chi connectivity index (χ1) is 9.25. The Kier molecular flexibility index (Phi) is 2.92. The van der Waals surface area contributed by atoms with E-state index in [0.717, 1.165) is 21.9 Å². The largest absolute Gasteiger partial charge is 0.311 e. The summed E-state index contributed by atoms with van der Waals surface area (Å²) in [6.45, 7) is 2.65. The first-order valence-corrected chi connectivity index (χ1v) is 6.38. The molecule has 0 aliphatic heterocycles. The van der Waals surface area contributed by atoms with Crippen molar-refractivity contribution in [3.63, 3.8) is 0 Å². The third-order valence-electron chi connectivity index (χ3n) is 3.43. The maximum absolute atomic E-state index is 12.4. The molecule has 0 N–H and O–H groups in total. The Morgan fingerprint density at radius 2 is 1.68 bits per heavy atom. The summed E-state index contributed by atoms with van der Waals surface area (Å²) in [4.78, 5) is 12.4. The zero-order valence-electron chi connectivity index (χ0n) is 10.8. The highest BCUT2D eigenvalue weighted by atomic mass is 16.1. The highest BCUT2D eigenvalue weighted by molar-refractivity contribution is 5.84. The van der Waals surface area contributed by atoms with Crippen molar-refractivity contribution in [2.75, 3.05) is 0 Å². The van der Waals surface area contributed by atoms with E-state index in [4.69, 9.17) is 0 Å². The van der Waals surface area contributed by atoms with Gasteiger partial charge in [0.05, 0.1) is 6.54 Å². The van der Waals surface area contributed by atoms with Crippen LogP contribution in [-0.2, 0) is 6.54 Å². The van der Waals surface area contributed by atoms with Gasteiger partial charge in [0.25, 0.3) is 5.56 Å². The van der Waals surface area contributed by atoms with E-state index in [-0.39, 0.29) is 5.56 Å². The van der Waals surface area contributed by atoms with E-state index < -0.39 is 0 Å². The number of hydrogen-bond donors (Lipinski definition) is 0. The summed E-state index contributed by atoms with van der Waals surface area (Å²) < 4.78 is 1.76. The van der Waals surface area contributed by atoms with Crippen LogP contribution in [0.5, 0.6) is 0 Å². The van der Waals surface area contributed by atoms with Gasteiger partial charge in [-0.1, -0.05) is 42.5 Å². The van der Waals surface area contributed by atoms with E-state index in [1.807, 2.05) is 67.7 Å². The summed E-state index contributed by atoms with van der Waals surface area (Å²) >= 11 is 0. The summed E-state index contributed by atoms with van der Waals surface area (Å²) in [6.07, 6.45) is 1.88. The van der Waals surface area contributed by atoms with Gasteiger partial charge in [0.1, 0.15) is 0 Å². The molecule has 2 aromatic carbocycles. The molecule has 0 aliphatic rings. The van der Waals surface area contributed by atoms with Crippen LogP contribution in [0.4, 0.5) is 0 Å². The van der Waals surface area contributed by atoms with Crippen molar-refractivity contribution in [2.24, 2.45) is 0 Å². The number of aryl methyl sites for hydroxylation is 1. The molecule has 19 heavy (non-hydrogen) atoms. The van der Waals surface area contributed by atoms with E-state index >= 15 is 0 Å². The fraction of sp³-hybridized carbons (Fsp3) is 0.118. The summed E-state index contributed by atoms with van der Waals surface area (Å²) in [5, 5.41) is 1.83. The molecular weight excluding hydrogens is 234 g/mol. The molecule has 0 unspecified atom stereocenters. The number of hydrogen-bond acceptors (Lipinski definition) is 1.